The zero-order valence-electron chi connectivity index (χ0n) is 31.9. The molecule has 4 heterocycles. The van der Waals surface area contributed by atoms with Gasteiger partial charge in [0.2, 0.25) is 0 Å². The average Bonchev–Trinajstić information content (AvgIpc) is 4.06. The van der Waals surface area contributed by atoms with Crippen LogP contribution in [0, 0.1) is 11.3 Å². The van der Waals surface area contributed by atoms with Gasteiger partial charge in [-0.1, -0.05) is 109 Å². The van der Waals surface area contributed by atoms with Crippen molar-refractivity contribution in [2.45, 2.75) is 5.51 Å². The van der Waals surface area contributed by atoms with E-state index in [2.05, 4.69) is 22.4 Å². The zero-order chi connectivity index (χ0) is 42.3. The SMILES string of the molecule is N#Cc1ccc2oc3ccccc3c2c1-c1cccc2c1oc1ccccc12.O=S(=O)(Oc1ccc2oc3ccccc3c2c1-c1cccc2c1oc1ccccc12)C(F)(F)F. The highest BCUT2D eigenvalue weighted by molar-refractivity contribution is 7.88. The normalized spacial score (nSPS) is 12.2. The summed E-state index contributed by atoms with van der Waals surface area (Å²) in [6, 6.07) is 50.1. The third-order valence-corrected chi connectivity index (χ3v) is 12.0. The van der Waals surface area contributed by atoms with E-state index in [-0.39, 0.29) is 5.56 Å². The van der Waals surface area contributed by atoms with Crippen molar-refractivity contribution in [2.75, 3.05) is 0 Å². The number of alkyl halides is 3. The quantitative estimate of drug-likeness (QED) is 0.127. The molecule has 4 aromatic heterocycles. The van der Waals surface area contributed by atoms with Gasteiger partial charge in [-0.25, -0.2) is 0 Å². The van der Waals surface area contributed by atoms with E-state index in [4.69, 9.17) is 17.7 Å². The monoisotopic (exact) mass is 841 g/mol. The molecule has 300 valence electrons. The molecule has 0 aliphatic heterocycles. The Balaban J connectivity index is 0.000000142. The lowest BCUT2D eigenvalue weighted by Crippen LogP contribution is -2.28. The van der Waals surface area contributed by atoms with Crippen LogP contribution in [0.5, 0.6) is 5.75 Å². The van der Waals surface area contributed by atoms with Gasteiger partial charge < -0.3 is 21.9 Å². The zero-order valence-corrected chi connectivity index (χ0v) is 32.7. The predicted molar refractivity (Wildman–Crippen MR) is 233 cm³/mol. The predicted octanol–water partition coefficient (Wildman–Crippen LogP) is 14.4. The molecule has 12 heteroatoms. The Kier molecular flexibility index (Phi) is 8.22. The van der Waals surface area contributed by atoms with E-state index >= 15 is 0 Å². The summed E-state index contributed by atoms with van der Waals surface area (Å²) in [5, 5.41) is 16.5. The van der Waals surface area contributed by atoms with Crippen LogP contribution in [0.1, 0.15) is 5.56 Å². The first-order valence-electron chi connectivity index (χ1n) is 19.2. The first-order chi connectivity index (χ1) is 30.1. The summed E-state index contributed by atoms with van der Waals surface area (Å²) in [6.45, 7) is 0. The second-order valence-corrected chi connectivity index (χ2v) is 16.1. The molecule has 0 aliphatic carbocycles. The summed E-state index contributed by atoms with van der Waals surface area (Å²) >= 11 is 0. The summed E-state index contributed by atoms with van der Waals surface area (Å²) in [6.07, 6.45) is 0. The molecule has 0 unspecified atom stereocenters. The van der Waals surface area contributed by atoms with Gasteiger partial charge in [0, 0.05) is 65.3 Å². The van der Waals surface area contributed by atoms with Gasteiger partial charge >= 0.3 is 15.6 Å². The maximum absolute atomic E-state index is 13.2. The van der Waals surface area contributed by atoms with Crippen molar-refractivity contribution in [3.63, 3.8) is 0 Å². The molecule has 8 nitrogen and oxygen atoms in total. The van der Waals surface area contributed by atoms with Crippen LogP contribution < -0.4 is 4.18 Å². The highest BCUT2D eigenvalue weighted by Crippen LogP contribution is 2.47. The molecule has 12 rings (SSSR count). The summed E-state index contributed by atoms with van der Waals surface area (Å²) in [5.41, 5.74) is 2.30. The summed E-state index contributed by atoms with van der Waals surface area (Å²) in [5.74, 6) is -0.482. The Morgan fingerprint density at radius 2 is 0.871 bits per heavy atom. The average molecular weight is 842 g/mol. The Bertz CT molecular complexity index is 3940. The van der Waals surface area contributed by atoms with Gasteiger partial charge in [0.05, 0.1) is 11.6 Å². The van der Waals surface area contributed by atoms with Crippen LogP contribution in [0.2, 0.25) is 0 Å². The highest BCUT2D eigenvalue weighted by Gasteiger charge is 2.49. The van der Waals surface area contributed by atoms with Crippen molar-refractivity contribution in [3.8, 4) is 34.1 Å². The number of para-hydroxylation sites is 6. The molecule has 0 saturated carbocycles. The molecule has 0 aliphatic rings. The molecule has 62 heavy (non-hydrogen) atoms. The van der Waals surface area contributed by atoms with Crippen molar-refractivity contribution in [1.29, 1.82) is 5.26 Å². The van der Waals surface area contributed by atoms with Gasteiger partial charge in [-0.2, -0.15) is 26.9 Å². The number of rotatable bonds is 4. The summed E-state index contributed by atoms with van der Waals surface area (Å²) < 4.78 is 92.4. The third-order valence-electron chi connectivity index (χ3n) is 11.0. The third kappa shape index (κ3) is 5.70. The van der Waals surface area contributed by atoms with E-state index < -0.39 is 21.4 Å². The largest absolute Gasteiger partial charge is 0.534 e. The Morgan fingerprint density at radius 1 is 0.452 bits per heavy atom. The maximum Gasteiger partial charge on any atom is 0.534 e. The molecule has 0 N–H and O–H groups in total. The molecule has 12 aromatic rings. The molecule has 0 fully saturated rings. The van der Waals surface area contributed by atoms with Gasteiger partial charge in [-0.15, -0.1) is 0 Å². The number of hydrogen-bond donors (Lipinski definition) is 0. The van der Waals surface area contributed by atoms with Gasteiger partial charge in [-0.3, -0.25) is 0 Å². The number of hydrogen-bond acceptors (Lipinski definition) is 8. The smallest absolute Gasteiger partial charge is 0.456 e. The van der Waals surface area contributed by atoms with Crippen LogP contribution in [0.4, 0.5) is 13.2 Å². The topological polar surface area (TPSA) is 120 Å². The van der Waals surface area contributed by atoms with Crippen molar-refractivity contribution in [1.82, 2.24) is 0 Å². The van der Waals surface area contributed by atoms with Crippen LogP contribution >= 0.6 is 0 Å². The molecule has 0 spiro atoms. The summed E-state index contributed by atoms with van der Waals surface area (Å²) in [4.78, 5) is 0. The lowest BCUT2D eigenvalue weighted by atomic mass is 9.93. The minimum absolute atomic E-state index is 0.125. The van der Waals surface area contributed by atoms with Crippen LogP contribution in [0.3, 0.4) is 0 Å². The standard InChI is InChI=1S/C25H13F3O5S.C25H13NO2/c26-25(27,28)34(29,30)33-21-13-12-20-22(16-7-2-4-11-19(16)31-20)23(21)17-9-5-8-15-14-6-1-3-10-18(14)32-24(15)17;26-14-15-12-13-22-24(18-7-2-4-11-21(18)27-22)23(15)19-9-5-8-17-16-6-1-3-10-20(16)28-25(17)19/h1-13H;1-13H. The Morgan fingerprint density at radius 3 is 1.37 bits per heavy atom. The minimum atomic E-state index is -5.93. The fraction of sp³-hybridized carbons (Fsp3) is 0.0200. The molecular formula is C50H26F3NO7S. The second kappa shape index (κ2) is 13.8. The molecule has 0 radical (unpaired) electrons. The van der Waals surface area contributed by atoms with Crippen LogP contribution in [-0.2, 0) is 10.1 Å². The van der Waals surface area contributed by atoms with Crippen molar-refractivity contribution in [2.24, 2.45) is 0 Å². The molecule has 0 bridgehead atoms. The van der Waals surface area contributed by atoms with Crippen LogP contribution in [0.25, 0.3) is 110 Å². The van der Waals surface area contributed by atoms with Gasteiger partial charge in [0.15, 0.2) is 5.75 Å². The number of furan rings is 4. The van der Waals surface area contributed by atoms with Gasteiger partial charge in [-0.05, 0) is 48.5 Å². The summed E-state index contributed by atoms with van der Waals surface area (Å²) in [7, 11) is -5.93. The Hall–Kier alpha value is -8.01. The molecule has 0 amide bonds. The van der Waals surface area contributed by atoms with Crippen LogP contribution in [0.15, 0.2) is 175 Å². The van der Waals surface area contributed by atoms with Gasteiger partial charge in [0.25, 0.3) is 0 Å². The van der Waals surface area contributed by atoms with E-state index in [9.17, 15) is 26.9 Å². The first kappa shape index (κ1) is 37.0. The van der Waals surface area contributed by atoms with Crippen molar-refractivity contribution < 1.29 is 43.4 Å². The number of fused-ring (bicyclic) bond motifs is 12. The highest BCUT2D eigenvalue weighted by atomic mass is 32.2. The fourth-order valence-electron chi connectivity index (χ4n) is 8.38. The lowest BCUT2D eigenvalue weighted by molar-refractivity contribution is -0.0499. The Labute approximate surface area is 348 Å². The molecular weight excluding hydrogens is 816 g/mol. The van der Waals surface area contributed by atoms with E-state index in [1.165, 1.54) is 6.07 Å². The maximum atomic E-state index is 13.2. The number of halogens is 3. The molecule has 8 aromatic carbocycles. The van der Waals surface area contributed by atoms with E-state index in [1.54, 1.807) is 48.5 Å². The second-order valence-electron chi connectivity index (χ2n) is 14.5. The fourth-order valence-corrected chi connectivity index (χ4v) is 8.85. The van der Waals surface area contributed by atoms with E-state index in [0.717, 1.165) is 71.8 Å². The number of nitriles is 1. The molecule has 0 atom stereocenters. The van der Waals surface area contributed by atoms with Gasteiger partial charge in [0.1, 0.15) is 44.7 Å². The van der Waals surface area contributed by atoms with E-state index in [1.807, 2.05) is 84.9 Å². The first-order valence-corrected chi connectivity index (χ1v) is 20.6. The lowest BCUT2D eigenvalue weighted by Gasteiger charge is -2.14. The van der Waals surface area contributed by atoms with Crippen molar-refractivity contribution >= 4 is 97.9 Å². The van der Waals surface area contributed by atoms with Crippen molar-refractivity contribution in [3.05, 3.63) is 163 Å². The molecule has 0 saturated heterocycles. The minimum Gasteiger partial charge on any atom is -0.456 e. The number of nitrogens with zero attached hydrogens (tertiary/aromatic N) is 1. The van der Waals surface area contributed by atoms with Crippen LogP contribution in [-0.4, -0.2) is 13.9 Å². The number of benzene rings is 8. The van der Waals surface area contributed by atoms with E-state index in [0.29, 0.717) is 44.2 Å².